The van der Waals surface area contributed by atoms with Crippen LogP contribution in [-0.4, -0.2) is 35.0 Å². The minimum Gasteiger partial charge on any atom is -0.461 e. The molecule has 140 valence electrons. The highest BCUT2D eigenvalue weighted by Crippen LogP contribution is 2.31. The monoisotopic (exact) mass is 363 g/mol. The molecule has 0 bridgehead atoms. The van der Waals surface area contributed by atoms with Crippen LogP contribution in [0.5, 0.6) is 0 Å². The molecule has 0 saturated heterocycles. The third kappa shape index (κ3) is 3.43. The first-order valence-electron chi connectivity index (χ1n) is 9.57. The predicted molar refractivity (Wildman–Crippen MR) is 108 cm³/mol. The molecule has 0 amide bonds. The van der Waals surface area contributed by atoms with Gasteiger partial charge in [-0.15, -0.1) is 0 Å². The predicted octanol–water partition coefficient (Wildman–Crippen LogP) is 4.07. The SMILES string of the molecule is CCCCN1CC=C(c2cn(N)c3ccc(C(=O)c4ccco4)cc23)CC1. The van der Waals surface area contributed by atoms with E-state index in [1.165, 1.54) is 24.7 Å². The summed E-state index contributed by atoms with van der Waals surface area (Å²) in [6.07, 6.45) is 9.25. The summed E-state index contributed by atoms with van der Waals surface area (Å²) >= 11 is 0. The van der Waals surface area contributed by atoms with Gasteiger partial charge in [0.1, 0.15) is 0 Å². The number of rotatable bonds is 6. The molecule has 0 aliphatic carbocycles. The number of hydrogen-bond donors (Lipinski definition) is 1. The van der Waals surface area contributed by atoms with Gasteiger partial charge in [-0.2, -0.15) is 0 Å². The second-order valence-electron chi connectivity index (χ2n) is 7.12. The van der Waals surface area contributed by atoms with Crippen molar-refractivity contribution in [1.82, 2.24) is 9.58 Å². The number of ketones is 1. The molecule has 2 N–H and O–H groups in total. The normalized spacial score (nSPS) is 15.2. The number of hydrogen-bond acceptors (Lipinski definition) is 4. The topological polar surface area (TPSA) is 64.4 Å². The number of aromatic nitrogens is 1. The quantitative estimate of drug-likeness (QED) is 0.530. The molecule has 5 heteroatoms. The van der Waals surface area contributed by atoms with E-state index in [-0.39, 0.29) is 5.78 Å². The Hall–Kier alpha value is -2.79. The van der Waals surface area contributed by atoms with E-state index in [1.54, 1.807) is 16.8 Å². The van der Waals surface area contributed by atoms with Gasteiger partial charge in [0.15, 0.2) is 5.76 Å². The maximum Gasteiger partial charge on any atom is 0.228 e. The lowest BCUT2D eigenvalue weighted by molar-refractivity contribution is 0.101. The summed E-state index contributed by atoms with van der Waals surface area (Å²) in [5.74, 6) is 6.42. The van der Waals surface area contributed by atoms with Crippen LogP contribution in [0.2, 0.25) is 0 Å². The van der Waals surface area contributed by atoms with Crippen LogP contribution in [0.4, 0.5) is 0 Å². The average Bonchev–Trinajstić information content (AvgIpc) is 3.35. The fourth-order valence-electron chi connectivity index (χ4n) is 3.74. The summed E-state index contributed by atoms with van der Waals surface area (Å²) in [4.78, 5) is 15.1. The van der Waals surface area contributed by atoms with Gasteiger partial charge in [0.05, 0.1) is 11.8 Å². The highest BCUT2D eigenvalue weighted by atomic mass is 16.3. The van der Waals surface area contributed by atoms with Crippen molar-refractivity contribution < 1.29 is 9.21 Å². The fourth-order valence-corrected chi connectivity index (χ4v) is 3.74. The Labute approximate surface area is 159 Å². The van der Waals surface area contributed by atoms with Crippen molar-refractivity contribution in [2.75, 3.05) is 25.5 Å². The molecule has 3 heterocycles. The summed E-state index contributed by atoms with van der Waals surface area (Å²) < 4.78 is 6.91. The van der Waals surface area contributed by atoms with Crippen molar-refractivity contribution in [3.63, 3.8) is 0 Å². The molecule has 0 spiro atoms. The Balaban J connectivity index is 1.66. The number of carbonyl (C=O) groups excluding carboxylic acids is 1. The van der Waals surface area contributed by atoms with Crippen LogP contribution in [-0.2, 0) is 0 Å². The molecule has 1 aliphatic heterocycles. The molecule has 4 rings (SSSR count). The van der Waals surface area contributed by atoms with Crippen LogP contribution in [0.15, 0.2) is 53.3 Å². The van der Waals surface area contributed by atoms with Gasteiger partial charge < -0.3 is 10.3 Å². The minimum atomic E-state index is -0.110. The zero-order chi connectivity index (χ0) is 18.8. The van der Waals surface area contributed by atoms with E-state index in [4.69, 9.17) is 10.3 Å². The van der Waals surface area contributed by atoms with Crippen molar-refractivity contribution in [3.8, 4) is 0 Å². The Morgan fingerprint density at radius 2 is 2.19 bits per heavy atom. The Morgan fingerprint density at radius 3 is 2.89 bits per heavy atom. The van der Waals surface area contributed by atoms with Gasteiger partial charge in [0.2, 0.25) is 5.78 Å². The second kappa shape index (κ2) is 7.45. The molecule has 1 aromatic carbocycles. The van der Waals surface area contributed by atoms with E-state index in [0.29, 0.717) is 11.3 Å². The number of nitrogens with zero attached hydrogens (tertiary/aromatic N) is 2. The summed E-state index contributed by atoms with van der Waals surface area (Å²) in [6, 6.07) is 9.07. The number of nitrogen functional groups attached to an aromatic ring is 1. The van der Waals surface area contributed by atoms with Crippen LogP contribution >= 0.6 is 0 Å². The van der Waals surface area contributed by atoms with Crippen LogP contribution in [0.25, 0.3) is 16.5 Å². The van der Waals surface area contributed by atoms with Gasteiger partial charge in [-0.3, -0.25) is 14.4 Å². The first kappa shape index (κ1) is 17.6. The Morgan fingerprint density at radius 1 is 1.30 bits per heavy atom. The van der Waals surface area contributed by atoms with Crippen molar-refractivity contribution >= 4 is 22.3 Å². The zero-order valence-electron chi connectivity index (χ0n) is 15.6. The number of nitrogens with two attached hydrogens (primary N) is 1. The number of unbranched alkanes of at least 4 members (excludes halogenated alkanes) is 1. The van der Waals surface area contributed by atoms with E-state index in [1.807, 2.05) is 24.4 Å². The molecule has 0 unspecified atom stereocenters. The van der Waals surface area contributed by atoms with Crippen LogP contribution in [0.1, 0.15) is 47.9 Å². The van der Waals surface area contributed by atoms with Gasteiger partial charge in [0, 0.05) is 35.8 Å². The second-order valence-corrected chi connectivity index (χ2v) is 7.12. The highest BCUT2D eigenvalue weighted by Gasteiger charge is 2.19. The largest absolute Gasteiger partial charge is 0.461 e. The van der Waals surface area contributed by atoms with Crippen LogP contribution in [0, 0.1) is 0 Å². The molecular formula is C22H25N3O2. The Kier molecular flexibility index (Phi) is 4.86. The smallest absolute Gasteiger partial charge is 0.228 e. The maximum absolute atomic E-state index is 12.6. The summed E-state index contributed by atoms with van der Waals surface area (Å²) in [7, 11) is 0. The third-order valence-corrected chi connectivity index (χ3v) is 5.31. The first-order chi connectivity index (χ1) is 13.2. The lowest BCUT2D eigenvalue weighted by Crippen LogP contribution is -2.29. The fraction of sp³-hybridized carbons (Fsp3) is 0.318. The highest BCUT2D eigenvalue weighted by molar-refractivity contribution is 6.09. The standard InChI is InChI=1S/C22H25N3O2/c1-2-3-10-24-11-8-16(9-12-24)19-15-25(23)20-7-6-17(14-18(19)20)22(26)21-5-4-13-27-21/h4-8,13-15H,2-3,9-12,23H2,1H3. The van der Waals surface area contributed by atoms with Crippen molar-refractivity contribution in [2.45, 2.75) is 26.2 Å². The number of furan rings is 1. The molecule has 1 aliphatic rings. The molecule has 0 atom stereocenters. The molecule has 0 radical (unpaired) electrons. The van der Waals surface area contributed by atoms with E-state index in [0.717, 1.165) is 42.5 Å². The van der Waals surface area contributed by atoms with E-state index >= 15 is 0 Å². The Bertz CT molecular complexity index is 983. The maximum atomic E-state index is 12.6. The number of carbonyl (C=O) groups is 1. The molecule has 27 heavy (non-hydrogen) atoms. The molecule has 2 aromatic heterocycles. The molecule has 5 nitrogen and oxygen atoms in total. The van der Waals surface area contributed by atoms with Gasteiger partial charge in [-0.05, 0) is 55.3 Å². The summed E-state index contributed by atoms with van der Waals surface area (Å²) in [5, 5.41) is 1.02. The van der Waals surface area contributed by atoms with Gasteiger partial charge in [-0.1, -0.05) is 19.4 Å². The van der Waals surface area contributed by atoms with E-state index < -0.39 is 0 Å². The third-order valence-electron chi connectivity index (χ3n) is 5.31. The van der Waals surface area contributed by atoms with Gasteiger partial charge in [-0.25, -0.2) is 0 Å². The lowest BCUT2D eigenvalue weighted by Gasteiger charge is -2.26. The number of fused-ring (bicyclic) bond motifs is 1. The first-order valence-corrected chi connectivity index (χ1v) is 9.57. The van der Waals surface area contributed by atoms with E-state index in [2.05, 4.69) is 17.9 Å². The molecule has 0 saturated carbocycles. The van der Waals surface area contributed by atoms with Crippen molar-refractivity contribution in [3.05, 3.63) is 65.8 Å². The van der Waals surface area contributed by atoms with Crippen molar-refractivity contribution in [2.24, 2.45) is 0 Å². The van der Waals surface area contributed by atoms with Gasteiger partial charge in [0.25, 0.3) is 0 Å². The van der Waals surface area contributed by atoms with Crippen LogP contribution < -0.4 is 5.84 Å². The van der Waals surface area contributed by atoms with E-state index in [9.17, 15) is 4.79 Å². The summed E-state index contributed by atoms with van der Waals surface area (Å²) in [6.45, 7) is 5.41. The lowest BCUT2D eigenvalue weighted by atomic mass is 9.97. The molecule has 3 aromatic rings. The number of benzene rings is 1. The molecular weight excluding hydrogens is 338 g/mol. The van der Waals surface area contributed by atoms with Gasteiger partial charge >= 0.3 is 0 Å². The minimum absolute atomic E-state index is 0.110. The molecule has 0 fully saturated rings. The van der Waals surface area contributed by atoms with Crippen molar-refractivity contribution in [1.29, 1.82) is 0 Å². The average molecular weight is 363 g/mol. The summed E-state index contributed by atoms with van der Waals surface area (Å²) in [5.41, 5.74) is 3.97. The van der Waals surface area contributed by atoms with Crippen LogP contribution in [0.3, 0.4) is 0 Å². The zero-order valence-corrected chi connectivity index (χ0v) is 15.6.